The summed E-state index contributed by atoms with van der Waals surface area (Å²) in [5.41, 5.74) is 6.93. The number of halogens is 1. The van der Waals surface area contributed by atoms with Gasteiger partial charge in [-0.3, -0.25) is 0 Å². The van der Waals surface area contributed by atoms with E-state index in [1.165, 1.54) is 12.1 Å². The first kappa shape index (κ1) is 18.0. The van der Waals surface area contributed by atoms with Crippen LogP contribution in [0.1, 0.15) is 38.5 Å². The molecular formula is C19H27FN4O. The van der Waals surface area contributed by atoms with Crippen molar-refractivity contribution in [2.45, 2.75) is 39.0 Å². The molecule has 1 aliphatic rings. The zero-order chi connectivity index (χ0) is 18.0. The van der Waals surface area contributed by atoms with Crippen molar-refractivity contribution in [1.29, 1.82) is 0 Å². The zero-order valence-electron chi connectivity index (χ0n) is 14.9. The number of piperidine rings is 1. The fraction of sp³-hybridized carbons (Fsp3) is 0.526. The van der Waals surface area contributed by atoms with Crippen molar-refractivity contribution in [2.75, 3.05) is 24.5 Å². The predicted octanol–water partition coefficient (Wildman–Crippen LogP) is 2.54. The number of fused-ring (bicyclic) bond motifs is 1. The molecule has 136 valence electrons. The molecular weight excluding hydrogens is 319 g/mol. The maximum atomic E-state index is 13.5. The number of anilines is 1. The number of nitrogens with two attached hydrogens (primary N) is 1. The van der Waals surface area contributed by atoms with Crippen LogP contribution in [0, 0.1) is 11.7 Å². The first-order valence-corrected chi connectivity index (χ1v) is 8.96. The highest BCUT2D eigenvalue weighted by Crippen LogP contribution is 2.29. The highest BCUT2D eigenvalue weighted by atomic mass is 19.1. The Kier molecular flexibility index (Phi) is 5.51. The minimum atomic E-state index is -1.10. The summed E-state index contributed by atoms with van der Waals surface area (Å²) in [6, 6.07) is 6.79. The van der Waals surface area contributed by atoms with Crippen LogP contribution in [-0.4, -0.2) is 35.8 Å². The van der Waals surface area contributed by atoms with Crippen LogP contribution in [0.5, 0.6) is 0 Å². The Hall–Kier alpha value is -1.76. The number of aromatic nitrogens is 1. The molecule has 1 aliphatic heterocycles. The van der Waals surface area contributed by atoms with E-state index in [2.05, 4.69) is 29.0 Å². The lowest BCUT2D eigenvalue weighted by Gasteiger charge is -2.35. The van der Waals surface area contributed by atoms with Crippen LogP contribution in [0.3, 0.4) is 0 Å². The molecule has 0 radical (unpaired) electrons. The molecule has 1 fully saturated rings. The average Bonchev–Trinajstić information content (AvgIpc) is 2.59. The zero-order valence-corrected chi connectivity index (χ0v) is 14.9. The van der Waals surface area contributed by atoms with E-state index >= 15 is 0 Å². The van der Waals surface area contributed by atoms with E-state index < -0.39 is 6.23 Å². The van der Waals surface area contributed by atoms with Crippen LogP contribution in [0.2, 0.25) is 0 Å². The summed E-state index contributed by atoms with van der Waals surface area (Å²) in [6.45, 7) is 7.10. The van der Waals surface area contributed by atoms with Crippen LogP contribution < -0.4 is 16.0 Å². The number of nitrogens with one attached hydrogen (secondary N) is 1. The number of aliphatic hydroxyl groups is 1. The van der Waals surface area contributed by atoms with Gasteiger partial charge in [0.05, 0.1) is 5.52 Å². The highest BCUT2D eigenvalue weighted by Gasteiger charge is 2.23. The van der Waals surface area contributed by atoms with Crippen molar-refractivity contribution in [3.63, 3.8) is 0 Å². The van der Waals surface area contributed by atoms with Crippen molar-refractivity contribution in [1.82, 2.24) is 10.3 Å². The molecule has 1 atom stereocenters. The molecule has 25 heavy (non-hydrogen) atoms. The Morgan fingerprint density at radius 2 is 2.04 bits per heavy atom. The van der Waals surface area contributed by atoms with Crippen molar-refractivity contribution in [3.8, 4) is 0 Å². The number of hydrogen-bond donors (Lipinski definition) is 3. The first-order chi connectivity index (χ1) is 11.9. The van der Waals surface area contributed by atoms with Crippen LogP contribution >= 0.6 is 0 Å². The molecule has 0 spiro atoms. The molecule has 4 N–H and O–H groups in total. The van der Waals surface area contributed by atoms with Gasteiger partial charge in [0, 0.05) is 36.1 Å². The van der Waals surface area contributed by atoms with Gasteiger partial charge in [0.25, 0.3) is 0 Å². The number of nitrogens with zero attached hydrogens (tertiary/aromatic N) is 2. The molecule has 6 heteroatoms. The molecule has 1 aromatic carbocycles. The van der Waals surface area contributed by atoms with Gasteiger partial charge in [-0.25, -0.2) is 9.37 Å². The van der Waals surface area contributed by atoms with Crippen LogP contribution in [0.25, 0.3) is 10.9 Å². The number of pyridine rings is 1. The van der Waals surface area contributed by atoms with Gasteiger partial charge in [-0.1, -0.05) is 13.8 Å². The monoisotopic (exact) mass is 346 g/mol. The van der Waals surface area contributed by atoms with Gasteiger partial charge in [-0.05, 0) is 43.5 Å². The normalized spacial score (nSPS) is 17.4. The molecule has 0 aliphatic carbocycles. The number of benzene rings is 1. The Balaban J connectivity index is 1.81. The van der Waals surface area contributed by atoms with E-state index in [0.717, 1.165) is 37.9 Å². The topological polar surface area (TPSA) is 74.4 Å². The largest absolute Gasteiger partial charge is 0.374 e. The molecule has 1 aromatic heterocycles. The quantitative estimate of drug-likeness (QED) is 0.726. The Bertz CT molecular complexity index is 727. The van der Waals surface area contributed by atoms with E-state index in [9.17, 15) is 9.50 Å². The van der Waals surface area contributed by atoms with Gasteiger partial charge in [0.2, 0.25) is 0 Å². The van der Waals surface area contributed by atoms with Gasteiger partial charge in [-0.15, -0.1) is 0 Å². The van der Waals surface area contributed by atoms with E-state index in [1.807, 2.05) is 6.07 Å². The van der Waals surface area contributed by atoms with E-state index in [1.54, 1.807) is 6.07 Å². The maximum Gasteiger partial charge on any atom is 0.136 e. The van der Waals surface area contributed by atoms with Gasteiger partial charge >= 0.3 is 0 Å². The van der Waals surface area contributed by atoms with Crippen molar-refractivity contribution < 1.29 is 9.50 Å². The minimum Gasteiger partial charge on any atom is -0.374 e. The standard InChI is InChI=1S/C19H27FN4O/c1-12(2)11-22-15-5-7-24(8-6-15)19-16(18(21)25)9-13-3-4-14(20)10-17(13)23-19/h3-4,9-10,12,15,18,22,25H,5-8,11,21H2,1-2H3. The molecule has 2 aromatic rings. The summed E-state index contributed by atoms with van der Waals surface area (Å²) in [4.78, 5) is 6.75. The van der Waals surface area contributed by atoms with Crippen LogP contribution in [0.4, 0.5) is 10.2 Å². The summed E-state index contributed by atoms with van der Waals surface area (Å²) in [6.07, 6.45) is 0.916. The minimum absolute atomic E-state index is 0.316. The molecule has 2 heterocycles. The number of hydrogen-bond acceptors (Lipinski definition) is 5. The molecule has 1 unspecified atom stereocenters. The molecule has 3 rings (SSSR count). The highest BCUT2D eigenvalue weighted by molar-refractivity contribution is 5.82. The summed E-state index contributed by atoms with van der Waals surface area (Å²) < 4.78 is 13.5. The summed E-state index contributed by atoms with van der Waals surface area (Å²) in [5, 5.41) is 14.3. The van der Waals surface area contributed by atoms with Gasteiger partial charge < -0.3 is 21.1 Å². The summed E-state index contributed by atoms with van der Waals surface area (Å²) in [5.74, 6) is 0.980. The predicted molar refractivity (Wildman–Crippen MR) is 98.9 cm³/mol. The van der Waals surface area contributed by atoms with Crippen molar-refractivity contribution in [2.24, 2.45) is 11.7 Å². The number of aliphatic hydroxyl groups excluding tert-OH is 1. The van der Waals surface area contributed by atoms with Crippen LogP contribution in [0.15, 0.2) is 24.3 Å². The summed E-state index contributed by atoms with van der Waals surface area (Å²) in [7, 11) is 0. The molecule has 5 nitrogen and oxygen atoms in total. The molecule has 1 saturated heterocycles. The van der Waals surface area contributed by atoms with E-state index in [0.29, 0.717) is 28.9 Å². The fourth-order valence-electron chi connectivity index (χ4n) is 3.32. The van der Waals surface area contributed by atoms with Crippen LogP contribution in [-0.2, 0) is 0 Å². The van der Waals surface area contributed by atoms with Gasteiger partial charge in [-0.2, -0.15) is 0 Å². The second-order valence-corrected chi connectivity index (χ2v) is 7.25. The lowest BCUT2D eigenvalue weighted by Crippen LogP contribution is -2.44. The Morgan fingerprint density at radius 3 is 2.68 bits per heavy atom. The SMILES string of the molecule is CC(C)CNC1CCN(c2nc3cc(F)ccc3cc2C(N)O)CC1. The lowest BCUT2D eigenvalue weighted by atomic mass is 10.0. The third-order valence-corrected chi connectivity index (χ3v) is 4.72. The summed E-state index contributed by atoms with van der Waals surface area (Å²) >= 11 is 0. The van der Waals surface area contributed by atoms with Crippen molar-refractivity contribution in [3.05, 3.63) is 35.6 Å². The van der Waals surface area contributed by atoms with Gasteiger partial charge in [0.15, 0.2) is 0 Å². The first-order valence-electron chi connectivity index (χ1n) is 8.96. The number of rotatable bonds is 5. The second kappa shape index (κ2) is 7.64. The van der Waals surface area contributed by atoms with Gasteiger partial charge in [0.1, 0.15) is 17.9 Å². The third-order valence-electron chi connectivity index (χ3n) is 4.72. The second-order valence-electron chi connectivity index (χ2n) is 7.25. The molecule has 0 bridgehead atoms. The fourth-order valence-corrected chi connectivity index (χ4v) is 3.32. The molecule has 0 amide bonds. The average molecular weight is 346 g/mol. The van der Waals surface area contributed by atoms with E-state index in [4.69, 9.17) is 5.73 Å². The Morgan fingerprint density at radius 1 is 1.32 bits per heavy atom. The molecule has 0 saturated carbocycles. The lowest BCUT2D eigenvalue weighted by molar-refractivity contribution is 0.186. The smallest absolute Gasteiger partial charge is 0.136 e. The van der Waals surface area contributed by atoms with E-state index in [-0.39, 0.29) is 5.82 Å². The Labute approximate surface area is 148 Å². The van der Waals surface area contributed by atoms with Crippen molar-refractivity contribution >= 4 is 16.7 Å². The third kappa shape index (κ3) is 4.26. The maximum absolute atomic E-state index is 13.5.